The first kappa shape index (κ1) is 30.9. The number of ketones is 1. The molecule has 13 heteroatoms. The van der Waals surface area contributed by atoms with Gasteiger partial charge in [0.25, 0.3) is 10.0 Å². The Morgan fingerprint density at radius 2 is 1.71 bits per heavy atom. The average molecular weight is 604 g/mol. The van der Waals surface area contributed by atoms with E-state index >= 15 is 0 Å². The van der Waals surface area contributed by atoms with Gasteiger partial charge in [-0.05, 0) is 73.1 Å². The van der Waals surface area contributed by atoms with Crippen molar-refractivity contribution in [3.8, 4) is 0 Å². The van der Waals surface area contributed by atoms with E-state index in [1.54, 1.807) is 37.3 Å². The van der Waals surface area contributed by atoms with Gasteiger partial charge in [0.05, 0.1) is 16.5 Å². The number of halogens is 3. The number of rotatable bonds is 8. The summed E-state index contributed by atoms with van der Waals surface area (Å²) in [4.78, 5) is 43.8. The van der Waals surface area contributed by atoms with Gasteiger partial charge in [-0.25, -0.2) is 4.79 Å². The first-order chi connectivity index (χ1) is 19.8. The van der Waals surface area contributed by atoms with Crippen molar-refractivity contribution in [2.24, 2.45) is 5.73 Å². The average Bonchev–Trinajstić information content (AvgIpc) is 3.50. The summed E-state index contributed by atoms with van der Waals surface area (Å²) in [5, 5.41) is 2.84. The van der Waals surface area contributed by atoms with Crippen molar-refractivity contribution < 1.29 is 40.8 Å². The number of hydrogen-bond donors (Lipinski definition) is 2. The molecule has 1 aliphatic rings. The van der Waals surface area contributed by atoms with E-state index in [2.05, 4.69) is 5.32 Å². The normalized spacial score (nSPS) is 16.1. The van der Waals surface area contributed by atoms with E-state index in [1.165, 1.54) is 12.1 Å². The zero-order chi connectivity index (χ0) is 30.7. The lowest BCUT2D eigenvalue weighted by Gasteiger charge is -2.23. The van der Waals surface area contributed by atoms with Gasteiger partial charge in [-0.3, -0.25) is 9.59 Å². The highest BCUT2D eigenvalue weighted by atomic mass is 32.2. The molecule has 0 aliphatic carbocycles. The molecule has 3 aromatic rings. The van der Waals surface area contributed by atoms with Crippen molar-refractivity contribution >= 4 is 27.7 Å². The number of hydroxylamine groups is 1. The monoisotopic (exact) mass is 603 g/mol. The van der Waals surface area contributed by atoms with Crippen LogP contribution in [-0.2, 0) is 32.3 Å². The van der Waals surface area contributed by atoms with Gasteiger partial charge in [0.15, 0.2) is 5.78 Å². The number of carbonyl (C=O) groups excluding carboxylic acids is 3. The first-order valence-corrected chi connectivity index (χ1v) is 14.4. The van der Waals surface area contributed by atoms with Crippen LogP contribution in [0.3, 0.4) is 0 Å². The number of amides is 1. The molecule has 0 radical (unpaired) electrons. The Kier molecular flexibility index (Phi) is 9.14. The molecule has 0 bridgehead atoms. The van der Waals surface area contributed by atoms with Gasteiger partial charge in [0, 0.05) is 11.1 Å². The number of hydrogen-bond acceptors (Lipinski definition) is 8. The van der Waals surface area contributed by atoms with Gasteiger partial charge in [0.2, 0.25) is 0 Å². The summed E-state index contributed by atoms with van der Waals surface area (Å²) in [7, 11) is -4.93. The zero-order valence-electron chi connectivity index (χ0n) is 22.4. The largest absolute Gasteiger partial charge is 0.417 e. The highest BCUT2D eigenvalue weighted by molar-refractivity contribution is 7.89. The second kappa shape index (κ2) is 12.4. The fourth-order valence-electron chi connectivity index (χ4n) is 4.43. The fraction of sp³-hybridized carbons (Fsp3) is 0.276. The van der Waals surface area contributed by atoms with Gasteiger partial charge < -0.3 is 15.9 Å². The summed E-state index contributed by atoms with van der Waals surface area (Å²) in [5.74, 6) is -3.70. The van der Waals surface area contributed by atoms with Crippen LogP contribution in [0.2, 0.25) is 0 Å². The zero-order valence-corrected chi connectivity index (χ0v) is 23.2. The number of benzene rings is 3. The van der Waals surface area contributed by atoms with Crippen molar-refractivity contribution in [1.82, 2.24) is 9.79 Å². The number of sulfonamides is 1. The highest BCUT2D eigenvalue weighted by Crippen LogP contribution is 2.34. The molecule has 0 spiro atoms. The van der Waals surface area contributed by atoms with E-state index in [9.17, 15) is 36.0 Å². The standard InChI is InChI=1S/C29H28F3N3O6S/c1-18-9-12-21(13-10-18)42(39,40)35(41-28(38)24(33)16-19-6-3-2-4-7-19)27(37)20-11-14-22(23(17-20)29(30,31)32)26(36)25-8-5-15-34-25/h2-4,6-7,9-14,17,24-25,34H,5,8,15-16,33H2,1H3/t24-,25+/m0/s1. The number of alkyl halides is 3. The van der Waals surface area contributed by atoms with Crippen LogP contribution in [0, 0.1) is 6.92 Å². The molecule has 3 N–H and O–H groups in total. The van der Waals surface area contributed by atoms with Crippen LogP contribution in [0.4, 0.5) is 13.2 Å². The van der Waals surface area contributed by atoms with E-state index in [0.717, 1.165) is 24.3 Å². The Bertz CT molecular complexity index is 1570. The van der Waals surface area contributed by atoms with E-state index in [1.807, 2.05) is 0 Å². The van der Waals surface area contributed by atoms with Gasteiger partial charge in [-0.1, -0.05) is 48.0 Å². The second-order valence-electron chi connectivity index (χ2n) is 9.83. The van der Waals surface area contributed by atoms with Crippen LogP contribution < -0.4 is 11.1 Å². The molecule has 1 amide bonds. The summed E-state index contributed by atoms with van der Waals surface area (Å²) in [6.07, 6.45) is -4.18. The van der Waals surface area contributed by atoms with E-state index in [0.29, 0.717) is 36.6 Å². The van der Waals surface area contributed by atoms with Crippen molar-refractivity contribution in [3.05, 3.63) is 101 Å². The topological polar surface area (TPSA) is 136 Å². The van der Waals surface area contributed by atoms with E-state index in [-0.39, 0.29) is 10.9 Å². The molecule has 0 aromatic heterocycles. The first-order valence-electron chi connectivity index (χ1n) is 13.0. The lowest BCUT2D eigenvalue weighted by molar-refractivity contribution is -0.164. The van der Waals surface area contributed by atoms with Gasteiger partial charge >= 0.3 is 18.1 Å². The highest BCUT2D eigenvalue weighted by Gasteiger charge is 2.40. The molecule has 2 atom stereocenters. The number of aryl methyl sites for hydroxylation is 1. The Balaban J connectivity index is 1.72. The van der Waals surface area contributed by atoms with Crippen molar-refractivity contribution in [1.29, 1.82) is 0 Å². The quantitative estimate of drug-likeness (QED) is 0.293. The van der Waals surface area contributed by atoms with Crippen LogP contribution >= 0.6 is 0 Å². The maximum Gasteiger partial charge on any atom is 0.417 e. The summed E-state index contributed by atoms with van der Waals surface area (Å²) >= 11 is 0. The SMILES string of the molecule is Cc1ccc(S(=O)(=O)N(OC(=O)[C@@H](N)Cc2ccccc2)C(=O)c2ccc(C(=O)[C@H]3CCCN3)c(C(F)(F)F)c2)cc1. The summed E-state index contributed by atoms with van der Waals surface area (Å²) in [5.41, 5.74) is 4.36. The molecule has 1 saturated heterocycles. The number of nitrogens with one attached hydrogen (secondary N) is 1. The fourth-order valence-corrected chi connectivity index (χ4v) is 5.60. The minimum atomic E-state index is -5.06. The van der Waals surface area contributed by atoms with Crippen molar-refractivity contribution in [2.75, 3.05) is 6.54 Å². The van der Waals surface area contributed by atoms with Crippen molar-refractivity contribution in [2.45, 2.75) is 49.3 Å². The molecule has 1 aliphatic heterocycles. The maximum atomic E-state index is 14.1. The van der Waals surface area contributed by atoms with Gasteiger partial charge in [-0.2, -0.15) is 21.6 Å². The Hall–Kier alpha value is -4.07. The van der Waals surface area contributed by atoms with Crippen LogP contribution in [0.5, 0.6) is 0 Å². The Morgan fingerprint density at radius 3 is 2.31 bits per heavy atom. The Morgan fingerprint density at radius 1 is 1.05 bits per heavy atom. The van der Waals surface area contributed by atoms with Gasteiger partial charge in [0.1, 0.15) is 6.04 Å². The minimum absolute atomic E-state index is 0.0729. The van der Waals surface area contributed by atoms with E-state index < -0.39 is 67.5 Å². The molecule has 4 rings (SSSR count). The number of nitrogens with zero attached hydrogens (tertiary/aromatic N) is 1. The third-order valence-corrected chi connectivity index (χ3v) is 8.24. The molecule has 0 unspecified atom stereocenters. The molecular weight excluding hydrogens is 575 g/mol. The van der Waals surface area contributed by atoms with Gasteiger partial charge in [-0.15, -0.1) is 0 Å². The third-order valence-electron chi connectivity index (χ3n) is 6.69. The smallest absolute Gasteiger partial charge is 0.321 e. The molecule has 1 heterocycles. The van der Waals surface area contributed by atoms with Crippen LogP contribution in [0.25, 0.3) is 0 Å². The maximum absolute atomic E-state index is 14.1. The summed E-state index contributed by atoms with van der Waals surface area (Å²) in [6, 6.07) is 13.5. The minimum Gasteiger partial charge on any atom is -0.321 e. The molecule has 3 aromatic carbocycles. The molecule has 0 saturated carbocycles. The number of Topliss-reactive ketones (excluding diaryl/α,β-unsaturated/α-hetero) is 1. The summed E-state index contributed by atoms with van der Waals surface area (Å²) < 4.78 is 69.0. The van der Waals surface area contributed by atoms with E-state index in [4.69, 9.17) is 10.6 Å². The lowest BCUT2D eigenvalue weighted by atomic mass is 9.95. The van der Waals surface area contributed by atoms with Crippen molar-refractivity contribution in [3.63, 3.8) is 0 Å². The number of carbonyl (C=O) groups is 3. The number of nitrogens with two attached hydrogens (primary N) is 1. The predicted molar refractivity (Wildman–Crippen MR) is 146 cm³/mol. The molecular formula is C29H28F3N3O6S. The summed E-state index contributed by atoms with van der Waals surface area (Å²) in [6.45, 7) is 2.16. The molecule has 1 fully saturated rings. The second-order valence-corrected chi connectivity index (χ2v) is 11.6. The molecule has 42 heavy (non-hydrogen) atoms. The Labute approximate surface area is 240 Å². The van der Waals surface area contributed by atoms with Crippen LogP contribution in [0.1, 0.15) is 50.2 Å². The van der Waals surface area contributed by atoms with Crippen LogP contribution in [0.15, 0.2) is 77.7 Å². The molecule has 9 nitrogen and oxygen atoms in total. The van der Waals surface area contributed by atoms with Crippen LogP contribution in [-0.4, -0.2) is 49.2 Å². The molecule has 222 valence electrons. The predicted octanol–water partition coefficient (Wildman–Crippen LogP) is 3.81. The third kappa shape index (κ3) is 6.86. The lowest BCUT2D eigenvalue weighted by Crippen LogP contribution is -2.44.